The van der Waals surface area contributed by atoms with Crippen LogP contribution in [0.5, 0.6) is 5.95 Å². The normalized spacial score (nSPS) is 15.7. The zero-order valence-electron chi connectivity index (χ0n) is 5.86. The molecule has 0 aliphatic rings. The van der Waals surface area contributed by atoms with Crippen LogP contribution in [0.3, 0.4) is 0 Å². The van der Waals surface area contributed by atoms with Crippen molar-refractivity contribution in [3.8, 4) is 5.95 Å². The zero-order valence-corrected chi connectivity index (χ0v) is 2.86. The largest absolute Gasteiger partial charge is 0.481 e. The van der Waals surface area contributed by atoms with E-state index >= 15 is 0 Å². The van der Waals surface area contributed by atoms with E-state index < -0.39 is 18.2 Å². The third-order valence-corrected chi connectivity index (χ3v) is 0.368. The summed E-state index contributed by atoms with van der Waals surface area (Å²) < 4.78 is 24.6. The van der Waals surface area contributed by atoms with E-state index in [1.807, 2.05) is 0 Å². The highest BCUT2D eigenvalue weighted by molar-refractivity contribution is 5.00. The molecule has 2 heteroatoms. The molecule has 0 radical (unpaired) electrons. The van der Waals surface area contributed by atoms with Gasteiger partial charge in [0.2, 0.25) is 0 Å². The van der Waals surface area contributed by atoms with Crippen LogP contribution in [0.1, 0.15) is 4.11 Å². The van der Waals surface area contributed by atoms with Crippen LogP contribution in [0, 0.1) is 0 Å². The van der Waals surface area contributed by atoms with E-state index in [0.717, 1.165) is 0 Å². The van der Waals surface area contributed by atoms with E-state index in [0.29, 0.717) is 0 Å². The van der Waals surface area contributed by atoms with Crippen LogP contribution in [0.4, 0.5) is 0 Å². The molecule has 1 rings (SSSR count). The summed E-state index contributed by atoms with van der Waals surface area (Å²) in [4.78, 5) is 0. The van der Waals surface area contributed by atoms with Crippen molar-refractivity contribution in [1.29, 1.82) is 0 Å². The number of hydrogen-bond donors (Lipinski definition) is 1. The molecule has 2 nitrogen and oxygen atoms in total. The summed E-state index contributed by atoms with van der Waals surface area (Å²) in [6.07, 6.45) is -0.475. The third kappa shape index (κ3) is 0.360. The lowest BCUT2D eigenvalue weighted by atomic mass is 10.7. The van der Waals surface area contributed by atoms with Gasteiger partial charge in [0.25, 0.3) is 5.95 Å². The van der Waals surface area contributed by atoms with Crippen LogP contribution in [0.25, 0.3) is 0 Å². The second-order valence-electron chi connectivity index (χ2n) is 0.759. The Morgan fingerprint density at radius 1 is 2.00 bits per heavy atom. The Balaban J connectivity index is 3.29. The van der Waals surface area contributed by atoms with Crippen LogP contribution >= 0.6 is 0 Å². The maximum atomic E-state index is 8.53. The summed E-state index contributed by atoms with van der Waals surface area (Å²) in [6, 6.07) is -0.812. The molecule has 0 amide bonds. The van der Waals surface area contributed by atoms with Gasteiger partial charge in [-0.05, 0) is 6.04 Å². The fourth-order valence-corrected chi connectivity index (χ4v) is 0.178. The molecule has 0 saturated heterocycles. The molecular weight excluding hydrogens is 80.0 g/mol. The second-order valence-corrected chi connectivity index (χ2v) is 0.759. The molecule has 0 bridgehead atoms. The summed E-state index contributed by atoms with van der Waals surface area (Å²) in [5, 5.41) is 8.53. The molecule has 1 N–H and O–H groups in total. The van der Waals surface area contributed by atoms with Crippen LogP contribution < -0.4 is 0 Å². The predicted molar refractivity (Wildman–Crippen MR) is 20.4 cm³/mol. The van der Waals surface area contributed by atoms with Crippen LogP contribution in [0.2, 0.25) is 0 Å². The summed E-state index contributed by atoms with van der Waals surface area (Å²) in [5.41, 5.74) is 0. The Hall–Kier alpha value is -0.920. The highest BCUT2D eigenvalue weighted by Gasteiger charge is 1.79. The van der Waals surface area contributed by atoms with E-state index in [1.54, 1.807) is 0 Å². The van der Waals surface area contributed by atoms with Crippen molar-refractivity contribution in [2.24, 2.45) is 0 Å². The maximum Gasteiger partial charge on any atom is 0.281 e. The van der Waals surface area contributed by atoms with Gasteiger partial charge in [0.15, 0.2) is 0 Å². The van der Waals surface area contributed by atoms with Crippen molar-refractivity contribution in [2.75, 3.05) is 0 Å². The smallest absolute Gasteiger partial charge is 0.281 e. The fraction of sp³-hybridized carbons (Fsp3) is 0. The van der Waals surface area contributed by atoms with E-state index in [-0.39, 0.29) is 6.04 Å². The fourth-order valence-electron chi connectivity index (χ4n) is 0.178. The van der Waals surface area contributed by atoms with Crippen molar-refractivity contribution in [3.05, 3.63) is 18.3 Å². The van der Waals surface area contributed by atoms with Gasteiger partial charge in [-0.3, -0.25) is 0 Å². The summed E-state index contributed by atoms with van der Waals surface area (Å²) in [6.45, 7) is 0. The lowest BCUT2D eigenvalue weighted by Gasteiger charge is -1.69. The monoisotopic (exact) mass is 87.0 g/mol. The molecule has 0 atom stereocenters. The van der Waals surface area contributed by atoms with Crippen molar-refractivity contribution < 1.29 is 13.6 Å². The molecule has 0 aromatic carbocycles. The molecule has 1 aromatic rings. The minimum atomic E-state index is -0.662. The van der Waals surface area contributed by atoms with E-state index in [2.05, 4.69) is 4.42 Å². The van der Waals surface area contributed by atoms with Crippen molar-refractivity contribution in [3.63, 3.8) is 0 Å². The molecule has 0 spiro atoms. The van der Waals surface area contributed by atoms with Gasteiger partial charge in [-0.1, -0.05) is 0 Å². The number of furan rings is 1. The summed E-state index contributed by atoms with van der Waals surface area (Å²) in [5.74, 6) is -0.662. The topological polar surface area (TPSA) is 33.4 Å². The minimum Gasteiger partial charge on any atom is -0.481 e. The minimum absolute atomic E-state index is 0.382. The van der Waals surface area contributed by atoms with Crippen LogP contribution in [-0.2, 0) is 0 Å². The van der Waals surface area contributed by atoms with Crippen LogP contribution in [0.15, 0.2) is 22.7 Å². The molecular formula is C4H4O2. The average Bonchev–Trinajstić information content (AvgIpc) is 1.98. The Kier molecular flexibility index (Phi) is 0.226. The summed E-state index contributed by atoms with van der Waals surface area (Å²) >= 11 is 0. The van der Waals surface area contributed by atoms with E-state index in [9.17, 15) is 0 Å². The highest BCUT2D eigenvalue weighted by Crippen LogP contribution is 2.04. The van der Waals surface area contributed by atoms with Crippen molar-refractivity contribution in [1.82, 2.24) is 0 Å². The van der Waals surface area contributed by atoms with Gasteiger partial charge in [0.1, 0.15) is 1.37 Å². The van der Waals surface area contributed by atoms with Crippen molar-refractivity contribution in [2.45, 2.75) is 0 Å². The quantitative estimate of drug-likeness (QED) is 0.511. The molecule has 0 saturated carbocycles. The summed E-state index contributed by atoms with van der Waals surface area (Å²) in [7, 11) is 0. The number of aromatic hydroxyl groups is 1. The maximum absolute atomic E-state index is 8.53. The van der Waals surface area contributed by atoms with Gasteiger partial charge >= 0.3 is 0 Å². The molecule has 0 unspecified atom stereocenters. The first-order chi connectivity index (χ1) is 4.13. The Bertz CT molecular complexity index is 207. The molecule has 0 aliphatic carbocycles. The number of hydrogen-bond acceptors (Lipinski definition) is 2. The van der Waals surface area contributed by atoms with Gasteiger partial charge in [0, 0.05) is 6.04 Å². The zero-order chi connectivity index (χ0) is 7.02. The van der Waals surface area contributed by atoms with E-state index in [1.165, 1.54) is 0 Å². The third-order valence-electron chi connectivity index (χ3n) is 0.368. The first-order valence-electron chi connectivity index (χ1n) is 2.88. The molecule has 0 fully saturated rings. The van der Waals surface area contributed by atoms with E-state index in [4.69, 9.17) is 9.22 Å². The molecule has 0 aliphatic heterocycles. The SMILES string of the molecule is [2H]c1oc(O)c([2H])c1[2H]. The van der Waals surface area contributed by atoms with Crippen molar-refractivity contribution >= 4 is 0 Å². The van der Waals surface area contributed by atoms with Gasteiger partial charge in [0.05, 0.1) is 8.98 Å². The standard InChI is InChI=1S/C4H4O2/c5-4-2-1-3-6-4/h1-3,5H/i1D,2D,3D. The van der Waals surface area contributed by atoms with Gasteiger partial charge in [-0.15, -0.1) is 0 Å². The highest BCUT2D eigenvalue weighted by atomic mass is 16.5. The Morgan fingerprint density at radius 3 is 3.00 bits per heavy atom. The molecule has 1 heterocycles. The lowest BCUT2D eigenvalue weighted by molar-refractivity contribution is 0.332. The average molecular weight is 87.1 g/mol. The van der Waals surface area contributed by atoms with Crippen LogP contribution in [-0.4, -0.2) is 5.11 Å². The lowest BCUT2D eigenvalue weighted by Crippen LogP contribution is -1.40. The first kappa shape index (κ1) is 1.30. The predicted octanol–water partition coefficient (Wildman–Crippen LogP) is 0.985. The number of rotatable bonds is 0. The second kappa shape index (κ2) is 1.05. The van der Waals surface area contributed by atoms with Gasteiger partial charge in [-0.25, -0.2) is 0 Å². The molecule has 6 heavy (non-hydrogen) atoms. The first-order valence-corrected chi connectivity index (χ1v) is 1.38. The molecule has 32 valence electrons. The van der Waals surface area contributed by atoms with Gasteiger partial charge in [-0.2, -0.15) is 0 Å². The molecule has 1 aromatic heterocycles. The van der Waals surface area contributed by atoms with Gasteiger partial charge < -0.3 is 9.52 Å². The Morgan fingerprint density at radius 2 is 2.83 bits per heavy atom. The Labute approximate surface area is 39.2 Å².